The van der Waals surface area contributed by atoms with E-state index >= 15 is 0 Å². The van der Waals surface area contributed by atoms with Gasteiger partial charge in [-0.3, -0.25) is 9.59 Å². The van der Waals surface area contributed by atoms with E-state index in [4.69, 9.17) is 9.72 Å². The standard InChI is InChI=1S/C22H33N3O3S/c1-15-12-25(13-16(2)28-15)22(27)19-14-29-20(23-19)17-8-10-24(11-9-17)21(26)18-6-4-3-5-7-18/h14-18H,3-13H2,1-2H3. The molecule has 160 valence electrons. The maximum atomic E-state index is 12.9. The number of hydrogen-bond donors (Lipinski definition) is 0. The second-order valence-corrected chi connectivity index (χ2v) is 9.86. The highest BCUT2D eigenvalue weighted by atomic mass is 32.1. The van der Waals surface area contributed by atoms with Crippen LogP contribution in [0.25, 0.3) is 0 Å². The number of hydrogen-bond acceptors (Lipinski definition) is 5. The molecule has 0 radical (unpaired) electrons. The molecule has 0 aromatic carbocycles. The van der Waals surface area contributed by atoms with Gasteiger partial charge in [-0.05, 0) is 39.5 Å². The fraction of sp³-hybridized carbons (Fsp3) is 0.773. The van der Waals surface area contributed by atoms with E-state index in [1.165, 1.54) is 19.3 Å². The van der Waals surface area contributed by atoms with Crippen molar-refractivity contribution in [3.8, 4) is 0 Å². The third-order valence-corrected chi connectivity index (χ3v) is 7.57. The SMILES string of the molecule is CC1CN(C(=O)c2csc(C3CCN(C(=O)C4CCCCC4)CC3)n2)CC(C)O1. The van der Waals surface area contributed by atoms with Gasteiger partial charge in [-0.2, -0.15) is 0 Å². The Labute approximate surface area is 177 Å². The summed E-state index contributed by atoms with van der Waals surface area (Å²) in [6.45, 7) is 6.90. The van der Waals surface area contributed by atoms with Gasteiger partial charge in [0.25, 0.3) is 5.91 Å². The van der Waals surface area contributed by atoms with Crippen molar-refractivity contribution in [1.82, 2.24) is 14.8 Å². The van der Waals surface area contributed by atoms with Gasteiger partial charge in [0.15, 0.2) is 0 Å². The average molecular weight is 420 g/mol. The first-order chi connectivity index (χ1) is 14.0. The number of nitrogens with zero attached hydrogens (tertiary/aromatic N) is 3. The number of morpholine rings is 1. The van der Waals surface area contributed by atoms with Gasteiger partial charge in [0.05, 0.1) is 17.2 Å². The molecule has 1 aromatic rings. The Kier molecular flexibility index (Phi) is 6.54. The molecular formula is C22H33N3O3S. The van der Waals surface area contributed by atoms with Crippen molar-refractivity contribution in [3.63, 3.8) is 0 Å². The van der Waals surface area contributed by atoms with Crippen molar-refractivity contribution in [2.75, 3.05) is 26.2 Å². The Balaban J connectivity index is 1.32. The van der Waals surface area contributed by atoms with Crippen LogP contribution >= 0.6 is 11.3 Å². The lowest BCUT2D eigenvalue weighted by Gasteiger charge is -2.35. The van der Waals surface area contributed by atoms with E-state index in [-0.39, 0.29) is 24.0 Å². The molecule has 1 aliphatic carbocycles. The van der Waals surface area contributed by atoms with Gasteiger partial charge in [-0.25, -0.2) is 4.98 Å². The highest BCUT2D eigenvalue weighted by molar-refractivity contribution is 7.09. The molecule has 3 fully saturated rings. The summed E-state index contributed by atoms with van der Waals surface area (Å²) in [5, 5.41) is 2.95. The lowest BCUT2D eigenvalue weighted by atomic mass is 9.87. The Morgan fingerprint density at radius 1 is 1.00 bits per heavy atom. The van der Waals surface area contributed by atoms with Gasteiger partial charge < -0.3 is 14.5 Å². The molecule has 29 heavy (non-hydrogen) atoms. The summed E-state index contributed by atoms with van der Waals surface area (Å²) in [6, 6.07) is 0. The Hall–Kier alpha value is -1.47. The fourth-order valence-electron chi connectivity index (χ4n) is 5.03. The van der Waals surface area contributed by atoms with Crippen LogP contribution in [0.1, 0.15) is 80.2 Å². The van der Waals surface area contributed by atoms with Gasteiger partial charge in [-0.15, -0.1) is 11.3 Å². The Bertz CT molecular complexity index is 713. The highest BCUT2D eigenvalue weighted by Crippen LogP contribution is 2.33. The second kappa shape index (κ2) is 9.13. The summed E-state index contributed by atoms with van der Waals surface area (Å²) in [5.41, 5.74) is 0.562. The largest absolute Gasteiger partial charge is 0.372 e. The number of carbonyl (C=O) groups is 2. The molecule has 2 saturated heterocycles. The van der Waals surface area contributed by atoms with Crippen LogP contribution in [0.5, 0.6) is 0 Å². The van der Waals surface area contributed by atoms with Crippen molar-refractivity contribution >= 4 is 23.2 Å². The third-order valence-electron chi connectivity index (χ3n) is 6.56. The minimum atomic E-state index is 0.0133. The molecule has 4 rings (SSSR count). The van der Waals surface area contributed by atoms with Crippen LogP contribution in [0.3, 0.4) is 0 Å². The van der Waals surface area contributed by atoms with E-state index in [0.717, 1.165) is 43.8 Å². The van der Waals surface area contributed by atoms with Crippen molar-refractivity contribution in [2.45, 2.75) is 76.9 Å². The molecule has 2 unspecified atom stereocenters. The van der Waals surface area contributed by atoms with Crippen LogP contribution in [0.2, 0.25) is 0 Å². The summed E-state index contributed by atoms with van der Waals surface area (Å²) in [4.78, 5) is 34.3. The predicted molar refractivity (Wildman–Crippen MR) is 113 cm³/mol. The summed E-state index contributed by atoms with van der Waals surface area (Å²) in [7, 11) is 0. The number of amides is 2. The van der Waals surface area contributed by atoms with Crippen LogP contribution < -0.4 is 0 Å². The topological polar surface area (TPSA) is 62.7 Å². The van der Waals surface area contributed by atoms with Gasteiger partial charge in [0.1, 0.15) is 5.69 Å². The number of thiazole rings is 1. The number of carbonyl (C=O) groups excluding carboxylic acids is 2. The smallest absolute Gasteiger partial charge is 0.273 e. The van der Waals surface area contributed by atoms with E-state index in [2.05, 4.69) is 4.90 Å². The first kappa shape index (κ1) is 20.8. The minimum absolute atomic E-state index is 0.0133. The minimum Gasteiger partial charge on any atom is -0.372 e. The van der Waals surface area contributed by atoms with Gasteiger partial charge in [0.2, 0.25) is 5.91 Å². The molecule has 1 aromatic heterocycles. The van der Waals surface area contributed by atoms with Crippen LogP contribution in [0.4, 0.5) is 0 Å². The number of ether oxygens (including phenoxy) is 1. The second-order valence-electron chi connectivity index (χ2n) is 8.97. The average Bonchev–Trinajstić information content (AvgIpc) is 3.23. The molecule has 2 aliphatic heterocycles. The predicted octanol–water partition coefficient (Wildman–Crippen LogP) is 3.68. The summed E-state index contributed by atoms with van der Waals surface area (Å²) >= 11 is 1.59. The zero-order valence-electron chi connectivity index (χ0n) is 17.6. The molecule has 0 bridgehead atoms. The first-order valence-corrected chi connectivity index (χ1v) is 12.1. The molecule has 3 heterocycles. The number of piperidine rings is 1. The van der Waals surface area contributed by atoms with E-state index < -0.39 is 0 Å². The third kappa shape index (κ3) is 4.82. The quantitative estimate of drug-likeness (QED) is 0.750. The van der Waals surface area contributed by atoms with E-state index in [9.17, 15) is 9.59 Å². The van der Waals surface area contributed by atoms with Crippen LogP contribution in [0, 0.1) is 5.92 Å². The first-order valence-electron chi connectivity index (χ1n) is 11.2. The van der Waals surface area contributed by atoms with Gasteiger partial charge in [0, 0.05) is 43.4 Å². The lowest BCUT2D eigenvalue weighted by Crippen LogP contribution is -2.48. The molecule has 0 spiro atoms. The molecule has 1 saturated carbocycles. The Morgan fingerprint density at radius 2 is 1.66 bits per heavy atom. The number of rotatable bonds is 3. The normalized spacial score (nSPS) is 27.2. The molecule has 7 heteroatoms. The van der Waals surface area contributed by atoms with Crippen molar-refractivity contribution in [3.05, 3.63) is 16.1 Å². The monoisotopic (exact) mass is 419 g/mol. The summed E-state index contributed by atoms with van der Waals surface area (Å²) in [6.07, 6.45) is 7.83. The van der Waals surface area contributed by atoms with Crippen LogP contribution in [-0.4, -0.2) is 65.0 Å². The van der Waals surface area contributed by atoms with Crippen molar-refractivity contribution in [2.24, 2.45) is 5.92 Å². The Morgan fingerprint density at radius 3 is 2.31 bits per heavy atom. The van der Waals surface area contributed by atoms with Gasteiger partial charge in [-0.1, -0.05) is 19.3 Å². The zero-order valence-corrected chi connectivity index (χ0v) is 18.5. The lowest BCUT2D eigenvalue weighted by molar-refractivity contribution is -0.137. The summed E-state index contributed by atoms with van der Waals surface area (Å²) in [5.74, 6) is 0.996. The van der Waals surface area contributed by atoms with E-state index in [1.54, 1.807) is 11.3 Å². The van der Waals surface area contributed by atoms with E-state index in [1.807, 2.05) is 24.1 Å². The summed E-state index contributed by atoms with van der Waals surface area (Å²) < 4.78 is 5.73. The van der Waals surface area contributed by atoms with E-state index in [0.29, 0.717) is 30.6 Å². The molecule has 6 nitrogen and oxygen atoms in total. The number of likely N-dealkylation sites (tertiary alicyclic amines) is 1. The molecule has 3 aliphatic rings. The molecule has 2 atom stereocenters. The van der Waals surface area contributed by atoms with Crippen molar-refractivity contribution in [1.29, 1.82) is 0 Å². The highest BCUT2D eigenvalue weighted by Gasteiger charge is 2.32. The zero-order chi connectivity index (χ0) is 20.4. The molecular weight excluding hydrogens is 386 g/mol. The fourth-order valence-corrected chi connectivity index (χ4v) is 6.00. The molecule has 0 N–H and O–H groups in total. The number of aromatic nitrogens is 1. The maximum Gasteiger partial charge on any atom is 0.273 e. The van der Waals surface area contributed by atoms with Crippen LogP contribution in [-0.2, 0) is 9.53 Å². The van der Waals surface area contributed by atoms with Crippen LogP contribution in [0.15, 0.2) is 5.38 Å². The maximum absolute atomic E-state index is 12.9. The van der Waals surface area contributed by atoms with Gasteiger partial charge >= 0.3 is 0 Å². The molecule has 2 amide bonds. The van der Waals surface area contributed by atoms with Crippen molar-refractivity contribution < 1.29 is 14.3 Å².